The maximum Gasteiger partial charge on any atom is 0.262 e. The Kier molecular flexibility index (Phi) is 5.08. The first kappa shape index (κ1) is 17.5. The average molecular weight is 358 g/mol. The number of ether oxygens (including phenoxy) is 1. The van der Waals surface area contributed by atoms with Gasteiger partial charge in [0.25, 0.3) is 11.8 Å². The van der Waals surface area contributed by atoms with E-state index in [9.17, 15) is 9.59 Å². The van der Waals surface area contributed by atoms with Crippen LogP contribution < -0.4 is 15.8 Å². The van der Waals surface area contributed by atoms with Crippen LogP contribution in [-0.2, 0) is 17.6 Å². The zero-order valence-electron chi connectivity index (χ0n) is 14.4. The van der Waals surface area contributed by atoms with Gasteiger partial charge in [-0.1, -0.05) is 25.1 Å². The summed E-state index contributed by atoms with van der Waals surface area (Å²) in [7, 11) is 0. The van der Waals surface area contributed by atoms with E-state index in [1.165, 1.54) is 11.3 Å². The van der Waals surface area contributed by atoms with E-state index < -0.39 is 5.91 Å². The van der Waals surface area contributed by atoms with Gasteiger partial charge < -0.3 is 15.8 Å². The first-order valence-electron chi connectivity index (χ1n) is 8.38. The number of fused-ring (bicyclic) bond motifs is 1. The van der Waals surface area contributed by atoms with Crippen LogP contribution in [0.1, 0.15) is 39.7 Å². The van der Waals surface area contributed by atoms with Gasteiger partial charge in [0.1, 0.15) is 10.8 Å². The second kappa shape index (κ2) is 7.27. The molecule has 1 heterocycles. The number of hydrogen-bond acceptors (Lipinski definition) is 4. The maximum absolute atomic E-state index is 12.3. The molecule has 2 amide bonds. The molecule has 0 bridgehead atoms. The molecule has 25 heavy (non-hydrogen) atoms. The SMILES string of the molecule is Cc1ccccc1OCC(=O)Nc1sc2c(c1C(N)=O)CC[C@H](C)C2. The zero-order chi connectivity index (χ0) is 18.0. The molecule has 0 unspecified atom stereocenters. The van der Waals surface area contributed by atoms with Gasteiger partial charge in [-0.2, -0.15) is 0 Å². The molecule has 1 atom stereocenters. The van der Waals surface area contributed by atoms with Gasteiger partial charge in [0.2, 0.25) is 0 Å². The molecule has 132 valence electrons. The first-order valence-corrected chi connectivity index (χ1v) is 9.20. The van der Waals surface area contributed by atoms with Crippen LogP contribution in [0.15, 0.2) is 24.3 Å². The topological polar surface area (TPSA) is 81.4 Å². The van der Waals surface area contributed by atoms with Crippen molar-refractivity contribution in [2.75, 3.05) is 11.9 Å². The molecule has 1 aliphatic rings. The van der Waals surface area contributed by atoms with Gasteiger partial charge in [-0.3, -0.25) is 9.59 Å². The fraction of sp³-hybridized carbons (Fsp3) is 0.368. The number of hydrogen-bond donors (Lipinski definition) is 2. The van der Waals surface area contributed by atoms with E-state index in [0.29, 0.717) is 22.2 Å². The second-order valence-corrected chi connectivity index (χ2v) is 7.63. The summed E-state index contributed by atoms with van der Waals surface area (Å²) in [5.41, 5.74) is 8.00. The number of carbonyl (C=O) groups is 2. The van der Waals surface area contributed by atoms with E-state index in [1.807, 2.05) is 31.2 Å². The van der Waals surface area contributed by atoms with Crippen LogP contribution in [0.2, 0.25) is 0 Å². The summed E-state index contributed by atoms with van der Waals surface area (Å²) in [5, 5.41) is 3.35. The Morgan fingerprint density at radius 3 is 2.84 bits per heavy atom. The van der Waals surface area contributed by atoms with Gasteiger partial charge in [-0.15, -0.1) is 11.3 Å². The number of carbonyl (C=O) groups excluding carboxylic acids is 2. The first-order chi connectivity index (χ1) is 12.0. The van der Waals surface area contributed by atoms with Gasteiger partial charge in [0.05, 0.1) is 5.56 Å². The molecule has 0 saturated carbocycles. The summed E-state index contributed by atoms with van der Waals surface area (Å²) < 4.78 is 5.57. The number of aryl methyl sites for hydroxylation is 1. The molecular weight excluding hydrogens is 336 g/mol. The van der Waals surface area contributed by atoms with Gasteiger partial charge in [-0.05, 0) is 49.3 Å². The molecular formula is C19H22N2O3S. The molecule has 1 aliphatic carbocycles. The van der Waals surface area contributed by atoms with Gasteiger partial charge in [-0.25, -0.2) is 0 Å². The van der Waals surface area contributed by atoms with Crippen LogP contribution in [0, 0.1) is 12.8 Å². The summed E-state index contributed by atoms with van der Waals surface area (Å²) in [5.74, 6) is 0.478. The summed E-state index contributed by atoms with van der Waals surface area (Å²) >= 11 is 1.46. The smallest absolute Gasteiger partial charge is 0.262 e. The molecule has 6 heteroatoms. The third-order valence-electron chi connectivity index (χ3n) is 4.46. The fourth-order valence-corrected chi connectivity index (χ4v) is 4.56. The van der Waals surface area contributed by atoms with Crippen LogP contribution >= 0.6 is 11.3 Å². The summed E-state index contributed by atoms with van der Waals surface area (Å²) in [6.45, 7) is 4.01. The van der Waals surface area contributed by atoms with Crippen LogP contribution in [0.4, 0.5) is 5.00 Å². The van der Waals surface area contributed by atoms with Crippen molar-refractivity contribution >= 4 is 28.2 Å². The second-order valence-electron chi connectivity index (χ2n) is 6.52. The van der Waals surface area contributed by atoms with Gasteiger partial charge in [0, 0.05) is 4.88 Å². The molecule has 0 aliphatic heterocycles. The number of rotatable bonds is 5. The molecule has 1 aromatic carbocycles. The molecule has 3 rings (SSSR count). The van der Waals surface area contributed by atoms with Gasteiger partial charge in [0.15, 0.2) is 6.61 Å². The Labute approximate surface area is 151 Å². The van der Waals surface area contributed by atoms with E-state index in [2.05, 4.69) is 12.2 Å². The predicted octanol–water partition coefficient (Wildman–Crippen LogP) is 3.30. The Balaban J connectivity index is 1.73. The van der Waals surface area contributed by atoms with Crippen LogP contribution in [-0.4, -0.2) is 18.4 Å². The van der Waals surface area contributed by atoms with Crippen molar-refractivity contribution in [2.24, 2.45) is 11.7 Å². The van der Waals surface area contributed by atoms with Crippen LogP contribution in [0.3, 0.4) is 0 Å². The predicted molar refractivity (Wildman–Crippen MR) is 99.3 cm³/mol. The third kappa shape index (κ3) is 3.85. The summed E-state index contributed by atoms with van der Waals surface area (Å²) in [6.07, 6.45) is 2.80. The lowest BCUT2D eigenvalue weighted by Crippen LogP contribution is -2.23. The molecule has 5 nitrogen and oxygen atoms in total. The quantitative estimate of drug-likeness (QED) is 0.860. The van der Waals surface area contributed by atoms with E-state index in [0.717, 1.165) is 35.3 Å². The molecule has 3 N–H and O–H groups in total. The highest BCUT2D eigenvalue weighted by Gasteiger charge is 2.27. The normalized spacial score (nSPS) is 16.2. The number of para-hydroxylation sites is 1. The minimum absolute atomic E-state index is 0.109. The van der Waals surface area contributed by atoms with Crippen molar-refractivity contribution in [2.45, 2.75) is 33.1 Å². The van der Waals surface area contributed by atoms with Crippen molar-refractivity contribution in [3.63, 3.8) is 0 Å². The largest absolute Gasteiger partial charge is 0.483 e. The number of amides is 2. The van der Waals surface area contributed by atoms with Crippen molar-refractivity contribution in [3.05, 3.63) is 45.8 Å². The zero-order valence-corrected chi connectivity index (χ0v) is 15.2. The molecule has 0 fully saturated rings. The Bertz CT molecular complexity index is 813. The standard InChI is InChI=1S/C19H22N2O3S/c1-11-7-8-13-15(9-11)25-19(17(13)18(20)23)21-16(22)10-24-14-6-4-3-5-12(14)2/h3-6,11H,7-10H2,1-2H3,(H2,20,23)(H,21,22)/t11-/m0/s1. The van der Waals surface area contributed by atoms with Crippen molar-refractivity contribution < 1.29 is 14.3 Å². The Morgan fingerprint density at radius 2 is 2.12 bits per heavy atom. The fourth-order valence-electron chi connectivity index (χ4n) is 3.12. The number of nitrogens with one attached hydrogen (secondary N) is 1. The summed E-state index contributed by atoms with van der Waals surface area (Å²) in [4.78, 5) is 25.3. The number of thiophene rings is 1. The highest BCUT2D eigenvalue weighted by molar-refractivity contribution is 7.17. The lowest BCUT2D eigenvalue weighted by Gasteiger charge is -2.18. The minimum atomic E-state index is -0.484. The lowest BCUT2D eigenvalue weighted by molar-refractivity contribution is -0.118. The highest BCUT2D eigenvalue weighted by Crippen LogP contribution is 2.39. The number of benzene rings is 1. The third-order valence-corrected chi connectivity index (χ3v) is 5.63. The van der Waals surface area contributed by atoms with Crippen LogP contribution in [0.5, 0.6) is 5.75 Å². The minimum Gasteiger partial charge on any atom is -0.483 e. The molecule has 0 spiro atoms. The molecule has 1 aromatic heterocycles. The lowest BCUT2D eigenvalue weighted by atomic mass is 9.88. The van der Waals surface area contributed by atoms with Crippen molar-refractivity contribution in [1.29, 1.82) is 0 Å². The monoisotopic (exact) mass is 358 g/mol. The van der Waals surface area contributed by atoms with Gasteiger partial charge >= 0.3 is 0 Å². The van der Waals surface area contributed by atoms with Crippen molar-refractivity contribution in [3.8, 4) is 5.75 Å². The van der Waals surface area contributed by atoms with E-state index in [1.54, 1.807) is 0 Å². The number of primary amides is 1. The van der Waals surface area contributed by atoms with Crippen LogP contribution in [0.25, 0.3) is 0 Å². The number of anilines is 1. The van der Waals surface area contributed by atoms with Crippen molar-refractivity contribution in [1.82, 2.24) is 0 Å². The molecule has 0 radical (unpaired) electrons. The van der Waals surface area contributed by atoms with E-state index in [-0.39, 0.29) is 12.5 Å². The van der Waals surface area contributed by atoms with E-state index >= 15 is 0 Å². The Morgan fingerprint density at radius 1 is 1.36 bits per heavy atom. The highest BCUT2D eigenvalue weighted by atomic mass is 32.1. The average Bonchev–Trinajstić information content (AvgIpc) is 2.91. The summed E-state index contributed by atoms with van der Waals surface area (Å²) in [6, 6.07) is 7.52. The number of nitrogens with two attached hydrogens (primary N) is 1. The molecule has 0 saturated heterocycles. The Hall–Kier alpha value is -2.34. The maximum atomic E-state index is 12.3. The van der Waals surface area contributed by atoms with E-state index in [4.69, 9.17) is 10.5 Å². The molecule has 2 aromatic rings.